The molecule has 7 rings (SSSR count). The van der Waals surface area contributed by atoms with Crippen LogP contribution in [0.15, 0.2) is 54.7 Å². The minimum atomic E-state index is -0.592. The van der Waals surface area contributed by atoms with Crippen LogP contribution in [0, 0.1) is 0 Å². The van der Waals surface area contributed by atoms with Crippen molar-refractivity contribution >= 4 is 64.2 Å². The van der Waals surface area contributed by atoms with E-state index in [1.807, 2.05) is 24.3 Å². The molecule has 0 spiro atoms. The number of carbonyl (C=O) groups is 4. The first-order valence-corrected chi connectivity index (χ1v) is 19.4. The Hall–Kier alpha value is -5.96. The lowest BCUT2D eigenvalue weighted by Gasteiger charge is -2.33. The highest BCUT2D eigenvalue weighted by Crippen LogP contribution is 2.38. The molecule has 1 atom stereocenters. The first kappa shape index (κ1) is 38.3. The molecule has 0 radical (unpaired) electrons. The molecule has 0 bridgehead atoms. The van der Waals surface area contributed by atoms with Gasteiger partial charge in [0.25, 0.3) is 5.91 Å². The summed E-state index contributed by atoms with van der Waals surface area (Å²) in [6, 6.07) is 14.4. The molecule has 292 valence electrons. The third-order valence-corrected chi connectivity index (χ3v) is 10.6. The van der Waals surface area contributed by atoms with Crippen molar-refractivity contribution in [3.05, 3.63) is 77.1 Å². The molecule has 3 N–H and O–H groups in total. The average molecular weight is 761 g/mol. The SMILES string of the molecule is CCC(CC)N1C(=O)Cc2cnc(Nc3ccc(C(=O)N4CCOC(c5nc(Nc6ccc(NC(C)=O)cc6)nc6c5CC(=O)N6C(CC)CC)C4)cc3)nc21. The van der Waals surface area contributed by atoms with Gasteiger partial charge in [-0.05, 0) is 74.2 Å². The minimum absolute atomic E-state index is 0.0262. The predicted octanol–water partition coefficient (Wildman–Crippen LogP) is 6.08. The molecular formula is C41H48N10O5. The molecule has 1 saturated heterocycles. The number of morpholine rings is 1. The number of benzene rings is 2. The maximum absolute atomic E-state index is 13.9. The number of hydrogen-bond donors (Lipinski definition) is 3. The van der Waals surface area contributed by atoms with Gasteiger partial charge in [0.15, 0.2) is 0 Å². The van der Waals surface area contributed by atoms with Crippen molar-refractivity contribution in [2.24, 2.45) is 0 Å². The summed E-state index contributed by atoms with van der Waals surface area (Å²) in [5.74, 6) is 1.56. The van der Waals surface area contributed by atoms with Crippen molar-refractivity contribution in [1.82, 2.24) is 24.8 Å². The topological polar surface area (TPSA) is 175 Å². The van der Waals surface area contributed by atoms with Gasteiger partial charge in [-0.15, -0.1) is 0 Å². The minimum Gasteiger partial charge on any atom is -0.368 e. The number of amides is 4. The Labute approximate surface area is 326 Å². The van der Waals surface area contributed by atoms with E-state index in [1.54, 1.807) is 45.2 Å². The molecule has 1 unspecified atom stereocenters. The lowest BCUT2D eigenvalue weighted by Crippen LogP contribution is -2.42. The van der Waals surface area contributed by atoms with Gasteiger partial charge in [0.2, 0.25) is 29.6 Å². The van der Waals surface area contributed by atoms with Crippen LogP contribution in [-0.2, 0) is 32.0 Å². The Morgan fingerprint density at radius 2 is 1.34 bits per heavy atom. The first-order chi connectivity index (χ1) is 27.1. The largest absolute Gasteiger partial charge is 0.368 e. The molecule has 1 fully saturated rings. The van der Waals surface area contributed by atoms with Crippen molar-refractivity contribution < 1.29 is 23.9 Å². The molecule has 2 aromatic carbocycles. The third-order valence-electron chi connectivity index (χ3n) is 10.6. The van der Waals surface area contributed by atoms with Crippen molar-refractivity contribution in [1.29, 1.82) is 0 Å². The molecule has 5 heterocycles. The monoisotopic (exact) mass is 760 g/mol. The van der Waals surface area contributed by atoms with Gasteiger partial charge < -0.3 is 25.6 Å². The number of fused-ring (bicyclic) bond motifs is 2. The summed E-state index contributed by atoms with van der Waals surface area (Å²) in [5, 5.41) is 9.26. The smallest absolute Gasteiger partial charge is 0.254 e. The Bertz CT molecular complexity index is 2120. The normalized spacial score (nSPS) is 16.4. The van der Waals surface area contributed by atoms with Crippen LogP contribution in [0.3, 0.4) is 0 Å². The number of nitrogens with zero attached hydrogens (tertiary/aromatic N) is 7. The van der Waals surface area contributed by atoms with Crippen LogP contribution in [0.5, 0.6) is 0 Å². The van der Waals surface area contributed by atoms with Crippen LogP contribution in [0.4, 0.5) is 40.6 Å². The molecule has 15 heteroatoms. The zero-order valence-electron chi connectivity index (χ0n) is 32.5. The standard InChI is InChI=1S/C41H48N10O5/c1-6-30(7-2)50-34(53)20-26-22-42-40(47-37(26)50)44-28-12-10-25(11-13-28)39(55)49-18-19-56-33(23-49)36-32-21-35(54)51(31(8-3)9-4)38(32)48-41(46-36)45-29-16-14-27(15-17-29)43-24(5)52/h10-17,22,30-31,33H,6-9,18-21,23H2,1-5H3,(H,43,52)(H,42,44,47)(H,45,46,48). The quantitative estimate of drug-likeness (QED) is 0.144. The van der Waals surface area contributed by atoms with Gasteiger partial charge in [0, 0.05) is 65.5 Å². The summed E-state index contributed by atoms with van der Waals surface area (Å²) in [5.41, 5.74) is 4.67. The molecule has 4 aromatic rings. The second-order valence-corrected chi connectivity index (χ2v) is 14.3. The fraction of sp³-hybridized carbons (Fsp3) is 0.415. The predicted molar refractivity (Wildman–Crippen MR) is 214 cm³/mol. The molecule has 2 aromatic heterocycles. The van der Waals surface area contributed by atoms with Crippen LogP contribution < -0.4 is 25.8 Å². The number of rotatable bonds is 13. The molecule has 4 amide bonds. The van der Waals surface area contributed by atoms with E-state index in [9.17, 15) is 19.2 Å². The Balaban J connectivity index is 1.10. The zero-order chi connectivity index (χ0) is 39.5. The summed E-state index contributed by atoms with van der Waals surface area (Å²) in [6.07, 6.45) is 4.76. The lowest BCUT2D eigenvalue weighted by molar-refractivity contribution is -0.118. The van der Waals surface area contributed by atoms with Crippen molar-refractivity contribution in [2.75, 3.05) is 45.4 Å². The zero-order valence-corrected chi connectivity index (χ0v) is 32.5. The average Bonchev–Trinajstić information content (AvgIpc) is 3.71. The Morgan fingerprint density at radius 1 is 0.768 bits per heavy atom. The summed E-state index contributed by atoms with van der Waals surface area (Å²) in [4.78, 5) is 76.0. The van der Waals surface area contributed by atoms with E-state index >= 15 is 0 Å². The van der Waals surface area contributed by atoms with Crippen molar-refractivity contribution in [2.45, 2.75) is 91.3 Å². The number of nitrogens with one attached hydrogen (secondary N) is 3. The van der Waals surface area contributed by atoms with E-state index in [0.717, 1.165) is 31.2 Å². The molecule has 0 aliphatic carbocycles. The number of anilines is 7. The molecule has 3 aliphatic heterocycles. The molecule has 15 nitrogen and oxygen atoms in total. The van der Waals surface area contributed by atoms with Crippen LogP contribution >= 0.6 is 0 Å². The molecule has 3 aliphatic rings. The number of aromatic nitrogens is 4. The lowest BCUT2D eigenvalue weighted by atomic mass is 10.1. The van der Waals surface area contributed by atoms with Gasteiger partial charge in [-0.3, -0.25) is 29.0 Å². The van der Waals surface area contributed by atoms with E-state index < -0.39 is 6.10 Å². The maximum Gasteiger partial charge on any atom is 0.254 e. The van der Waals surface area contributed by atoms with Gasteiger partial charge in [-0.1, -0.05) is 27.7 Å². The Morgan fingerprint density at radius 3 is 1.98 bits per heavy atom. The number of ether oxygens (including phenoxy) is 1. The highest BCUT2D eigenvalue weighted by Gasteiger charge is 2.39. The molecule has 56 heavy (non-hydrogen) atoms. The van der Waals surface area contributed by atoms with Crippen molar-refractivity contribution in [3.8, 4) is 0 Å². The van der Waals surface area contributed by atoms with Crippen molar-refractivity contribution in [3.63, 3.8) is 0 Å². The third kappa shape index (κ3) is 7.76. The molecular weight excluding hydrogens is 713 g/mol. The fourth-order valence-electron chi connectivity index (χ4n) is 7.73. The summed E-state index contributed by atoms with van der Waals surface area (Å²) in [7, 11) is 0. The van der Waals surface area contributed by atoms with Gasteiger partial charge in [0.1, 0.15) is 17.7 Å². The fourth-order valence-corrected chi connectivity index (χ4v) is 7.73. The van der Waals surface area contributed by atoms with Gasteiger partial charge in [-0.25, -0.2) is 9.97 Å². The highest BCUT2D eigenvalue weighted by atomic mass is 16.5. The molecule has 0 saturated carbocycles. The second-order valence-electron chi connectivity index (χ2n) is 14.3. The van der Waals surface area contributed by atoms with E-state index in [0.29, 0.717) is 77.0 Å². The van der Waals surface area contributed by atoms with Gasteiger partial charge in [-0.2, -0.15) is 9.97 Å². The van der Waals surface area contributed by atoms with E-state index in [-0.39, 0.29) is 48.7 Å². The van der Waals surface area contributed by atoms with Gasteiger partial charge in [0.05, 0.1) is 31.7 Å². The summed E-state index contributed by atoms with van der Waals surface area (Å²) < 4.78 is 6.28. The number of hydrogen-bond acceptors (Lipinski definition) is 11. The van der Waals surface area contributed by atoms with Crippen LogP contribution in [0.1, 0.15) is 93.6 Å². The first-order valence-electron chi connectivity index (χ1n) is 19.4. The summed E-state index contributed by atoms with van der Waals surface area (Å²) in [6.45, 7) is 10.6. The van der Waals surface area contributed by atoms with Gasteiger partial charge >= 0.3 is 0 Å². The van der Waals surface area contributed by atoms with Crippen LogP contribution in [0.2, 0.25) is 0 Å². The second kappa shape index (κ2) is 16.4. The summed E-state index contributed by atoms with van der Waals surface area (Å²) >= 11 is 0. The van der Waals surface area contributed by atoms with Crippen LogP contribution in [0.25, 0.3) is 0 Å². The van der Waals surface area contributed by atoms with Crippen LogP contribution in [-0.4, -0.2) is 80.2 Å². The number of carbonyl (C=O) groups excluding carboxylic acids is 4. The van der Waals surface area contributed by atoms with E-state index in [2.05, 4.69) is 48.6 Å². The van der Waals surface area contributed by atoms with E-state index in [4.69, 9.17) is 19.7 Å². The van der Waals surface area contributed by atoms with E-state index in [1.165, 1.54) is 6.92 Å². The maximum atomic E-state index is 13.9. The Kier molecular flexibility index (Phi) is 11.2. The highest BCUT2D eigenvalue weighted by molar-refractivity contribution is 6.02.